The van der Waals surface area contributed by atoms with Crippen LogP contribution in [0.3, 0.4) is 0 Å². The van der Waals surface area contributed by atoms with Gasteiger partial charge in [-0.2, -0.15) is 13.2 Å². The second-order valence-corrected chi connectivity index (χ2v) is 6.45. The zero-order chi connectivity index (χ0) is 15.2. The van der Waals surface area contributed by atoms with Crippen LogP contribution in [0.25, 0.3) is 10.2 Å². The van der Waals surface area contributed by atoms with Crippen LogP contribution in [-0.4, -0.2) is 30.2 Å². The maximum absolute atomic E-state index is 12.8. The fraction of sp³-hybridized carbons (Fsp3) is 0.500. The van der Waals surface area contributed by atoms with E-state index < -0.39 is 11.7 Å². The summed E-state index contributed by atoms with van der Waals surface area (Å²) in [6.07, 6.45) is -4.31. The molecule has 1 aromatic heterocycles. The normalized spacial score (nSPS) is 23.8. The van der Waals surface area contributed by atoms with E-state index in [-0.39, 0.29) is 12.1 Å². The molecular weight excluding hydrogens is 299 g/mol. The van der Waals surface area contributed by atoms with Gasteiger partial charge in [-0.15, -0.1) is 0 Å². The van der Waals surface area contributed by atoms with E-state index in [2.05, 4.69) is 29.0 Å². The van der Waals surface area contributed by atoms with E-state index in [9.17, 15) is 13.2 Å². The summed E-state index contributed by atoms with van der Waals surface area (Å²) in [4.78, 5) is 6.70. The van der Waals surface area contributed by atoms with Crippen molar-refractivity contribution < 1.29 is 13.2 Å². The van der Waals surface area contributed by atoms with Crippen molar-refractivity contribution in [3.63, 3.8) is 0 Å². The molecule has 0 amide bonds. The quantitative estimate of drug-likeness (QED) is 0.873. The Bertz CT molecular complexity index is 642. The molecule has 1 saturated heterocycles. The number of nitrogens with one attached hydrogen (secondary N) is 1. The molecule has 3 rings (SSSR count). The van der Waals surface area contributed by atoms with E-state index in [0.29, 0.717) is 10.2 Å². The number of halogens is 3. The third kappa shape index (κ3) is 2.72. The Morgan fingerprint density at radius 1 is 1.24 bits per heavy atom. The lowest BCUT2D eigenvalue weighted by atomic mass is 10.1. The van der Waals surface area contributed by atoms with Gasteiger partial charge in [-0.05, 0) is 32.0 Å². The Kier molecular flexibility index (Phi) is 3.57. The fourth-order valence-electron chi connectivity index (χ4n) is 2.71. The largest absolute Gasteiger partial charge is 0.416 e. The molecule has 21 heavy (non-hydrogen) atoms. The Balaban J connectivity index is 2.01. The number of rotatable bonds is 1. The number of fused-ring (bicyclic) bond motifs is 1. The summed E-state index contributed by atoms with van der Waals surface area (Å²) in [6, 6.07) is 4.29. The lowest BCUT2D eigenvalue weighted by Gasteiger charge is -2.39. The zero-order valence-electron chi connectivity index (χ0n) is 11.7. The van der Waals surface area contributed by atoms with Crippen molar-refractivity contribution in [2.45, 2.75) is 32.1 Å². The summed E-state index contributed by atoms with van der Waals surface area (Å²) in [6.45, 7) is 5.90. The first-order valence-corrected chi connectivity index (χ1v) is 7.65. The van der Waals surface area contributed by atoms with Gasteiger partial charge in [-0.3, -0.25) is 0 Å². The average Bonchev–Trinajstić information content (AvgIpc) is 2.79. The molecule has 1 fully saturated rings. The molecule has 1 aromatic carbocycles. The molecule has 114 valence electrons. The van der Waals surface area contributed by atoms with Gasteiger partial charge < -0.3 is 10.2 Å². The third-order valence-electron chi connectivity index (χ3n) is 3.75. The first-order valence-electron chi connectivity index (χ1n) is 6.83. The summed E-state index contributed by atoms with van der Waals surface area (Å²) in [5, 5.41) is 4.13. The molecule has 2 atom stereocenters. The van der Waals surface area contributed by atoms with Gasteiger partial charge in [0.15, 0.2) is 5.13 Å². The molecule has 0 saturated carbocycles. The van der Waals surface area contributed by atoms with Gasteiger partial charge in [-0.1, -0.05) is 11.3 Å². The maximum atomic E-state index is 12.8. The van der Waals surface area contributed by atoms with Crippen LogP contribution in [0.15, 0.2) is 18.2 Å². The summed E-state index contributed by atoms with van der Waals surface area (Å²) >= 11 is 1.33. The minimum atomic E-state index is -4.31. The minimum absolute atomic E-state index is 0.274. The van der Waals surface area contributed by atoms with E-state index in [4.69, 9.17) is 0 Å². The smallest absolute Gasteiger partial charge is 0.340 e. The summed E-state index contributed by atoms with van der Waals surface area (Å²) < 4.78 is 38.9. The highest BCUT2D eigenvalue weighted by Crippen LogP contribution is 2.36. The molecule has 2 heterocycles. The van der Waals surface area contributed by atoms with Crippen molar-refractivity contribution in [1.82, 2.24) is 10.3 Å². The predicted molar refractivity (Wildman–Crippen MR) is 78.9 cm³/mol. The number of piperazine rings is 1. The van der Waals surface area contributed by atoms with Gasteiger partial charge >= 0.3 is 6.18 Å². The van der Waals surface area contributed by atoms with Gasteiger partial charge in [0.25, 0.3) is 0 Å². The molecule has 7 heteroatoms. The summed E-state index contributed by atoms with van der Waals surface area (Å²) in [5.74, 6) is 0. The van der Waals surface area contributed by atoms with Crippen molar-refractivity contribution in [3.8, 4) is 0 Å². The van der Waals surface area contributed by atoms with Gasteiger partial charge in [-0.25, -0.2) is 4.98 Å². The third-order valence-corrected chi connectivity index (χ3v) is 4.79. The number of alkyl halides is 3. The van der Waals surface area contributed by atoms with Crippen LogP contribution in [-0.2, 0) is 6.18 Å². The second kappa shape index (κ2) is 5.14. The van der Waals surface area contributed by atoms with E-state index >= 15 is 0 Å². The zero-order valence-corrected chi connectivity index (χ0v) is 12.6. The van der Waals surface area contributed by atoms with Crippen LogP contribution >= 0.6 is 11.3 Å². The summed E-state index contributed by atoms with van der Waals surface area (Å²) in [5.41, 5.74) is 0.00698. The lowest BCUT2D eigenvalue weighted by Crippen LogP contribution is -2.55. The standard InChI is InChI=1S/C14H16F3N3S/c1-8-6-18-7-9(2)20(8)13-19-11-4-3-10(14(15,16)17)5-12(11)21-13/h3-5,8-9,18H,6-7H2,1-2H3/t8-,9+. The monoisotopic (exact) mass is 315 g/mol. The molecule has 1 N–H and O–H groups in total. The summed E-state index contributed by atoms with van der Waals surface area (Å²) in [7, 11) is 0. The molecule has 1 aliphatic rings. The van der Waals surface area contributed by atoms with Crippen LogP contribution in [0.1, 0.15) is 19.4 Å². The lowest BCUT2D eigenvalue weighted by molar-refractivity contribution is -0.137. The molecule has 2 aromatic rings. The highest BCUT2D eigenvalue weighted by atomic mass is 32.1. The van der Waals surface area contributed by atoms with Gasteiger partial charge in [0.1, 0.15) is 0 Å². The first kappa shape index (κ1) is 14.6. The Hall–Kier alpha value is -1.34. The Morgan fingerprint density at radius 2 is 1.90 bits per heavy atom. The highest BCUT2D eigenvalue weighted by Gasteiger charge is 2.31. The van der Waals surface area contributed by atoms with E-state index in [1.165, 1.54) is 23.5 Å². The molecule has 0 aliphatic carbocycles. The highest BCUT2D eigenvalue weighted by molar-refractivity contribution is 7.22. The molecule has 0 bridgehead atoms. The van der Waals surface area contributed by atoms with Crippen molar-refractivity contribution in [3.05, 3.63) is 23.8 Å². The van der Waals surface area contributed by atoms with Crippen LogP contribution in [0.5, 0.6) is 0 Å². The number of nitrogens with zero attached hydrogens (tertiary/aromatic N) is 2. The number of hydrogen-bond acceptors (Lipinski definition) is 4. The van der Waals surface area contributed by atoms with Gasteiger partial charge in [0.05, 0.1) is 15.8 Å². The van der Waals surface area contributed by atoms with E-state index in [1.807, 2.05) is 0 Å². The Labute approximate surface area is 124 Å². The number of benzene rings is 1. The van der Waals surface area contributed by atoms with Crippen LogP contribution < -0.4 is 10.2 Å². The van der Waals surface area contributed by atoms with Crippen molar-refractivity contribution >= 4 is 26.7 Å². The van der Waals surface area contributed by atoms with Crippen molar-refractivity contribution in [1.29, 1.82) is 0 Å². The molecule has 1 aliphatic heterocycles. The number of anilines is 1. The van der Waals surface area contributed by atoms with Crippen LogP contribution in [0, 0.1) is 0 Å². The maximum Gasteiger partial charge on any atom is 0.416 e. The van der Waals surface area contributed by atoms with Gasteiger partial charge in [0, 0.05) is 25.2 Å². The van der Waals surface area contributed by atoms with Gasteiger partial charge in [0.2, 0.25) is 0 Å². The second-order valence-electron chi connectivity index (χ2n) is 5.44. The van der Waals surface area contributed by atoms with Crippen molar-refractivity contribution in [2.75, 3.05) is 18.0 Å². The predicted octanol–water partition coefficient (Wildman–Crippen LogP) is 3.50. The SMILES string of the molecule is C[C@@H]1CNC[C@H](C)N1c1nc2ccc(C(F)(F)F)cc2s1. The molecule has 0 spiro atoms. The van der Waals surface area contributed by atoms with E-state index in [0.717, 1.165) is 24.3 Å². The number of hydrogen-bond donors (Lipinski definition) is 1. The fourth-order valence-corrected chi connectivity index (χ4v) is 3.92. The topological polar surface area (TPSA) is 28.2 Å². The van der Waals surface area contributed by atoms with Crippen LogP contribution in [0.2, 0.25) is 0 Å². The van der Waals surface area contributed by atoms with Crippen LogP contribution in [0.4, 0.5) is 18.3 Å². The molecule has 3 nitrogen and oxygen atoms in total. The number of aromatic nitrogens is 1. The number of thiazole rings is 1. The average molecular weight is 315 g/mol. The van der Waals surface area contributed by atoms with Crippen molar-refractivity contribution in [2.24, 2.45) is 0 Å². The first-order chi connectivity index (χ1) is 9.86. The Morgan fingerprint density at radius 3 is 2.52 bits per heavy atom. The molecular formula is C14H16F3N3S. The molecule has 0 radical (unpaired) electrons. The molecule has 0 unspecified atom stereocenters. The van der Waals surface area contributed by atoms with E-state index in [1.54, 1.807) is 0 Å². The minimum Gasteiger partial charge on any atom is -0.340 e.